The molecular weight excluding hydrogens is 446 g/mol. The van der Waals surface area contributed by atoms with Crippen LogP contribution in [0.4, 0.5) is 0 Å². The number of esters is 1. The van der Waals surface area contributed by atoms with Crippen molar-refractivity contribution < 1.29 is 27.2 Å². The highest BCUT2D eigenvalue weighted by molar-refractivity contribution is 7.90. The Balaban J connectivity index is 1.79. The molecule has 1 aromatic heterocycles. The normalized spacial score (nSPS) is 12.3. The van der Waals surface area contributed by atoms with Gasteiger partial charge in [0.25, 0.3) is 5.91 Å². The van der Waals surface area contributed by atoms with Crippen LogP contribution >= 0.6 is 0 Å². The van der Waals surface area contributed by atoms with Crippen LogP contribution < -0.4 is 10.9 Å². The Morgan fingerprint density at radius 3 is 2.48 bits per heavy atom. The zero-order valence-electron chi connectivity index (χ0n) is 18.6. The largest absolute Gasteiger partial charge is 0.459 e. The van der Waals surface area contributed by atoms with Gasteiger partial charge in [-0.15, -0.1) is 0 Å². The number of ether oxygens (including phenoxy) is 1. The molecule has 0 saturated carbocycles. The van der Waals surface area contributed by atoms with Crippen molar-refractivity contribution in [1.29, 1.82) is 0 Å². The highest BCUT2D eigenvalue weighted by Gasteiger charge is 2.25. The fraction of sp³-hybridized carbons (Fsp3) is 0.292. The number of rotatable bonds is 8. The molecule has 0 radical (unpaired) electrons. The Morgan fingerprint density at radius 2 is 1.79 bits per heavy atom. The standard InChI is InChI=1S/C24H25NO7S/c1-15-5-4-6-17(11-15)23(27)25-20(9-10-33(3,29)30)24(28)31-14-18-13-22(26)32-21-12-16(2)7-8-19(18)21/h4-8,11-13,20H,9-10,14H2,1-3H3,(H,25,27)/t20-/m1/s1. The smallest absolute Gasteiger partial charge is 0.336 e. The summed E-state index contributed by atoms with van der Waals surface area (Å²) in [5, 5.41) is 3.18. The maximum atomic E-state index is 12.8. The summed E-state index contributed by atoms with van der Waals surface area (Å²) < 4.78 is 33.9. The Morgan fingerprint density at radius 1 is 1.06 bits per heavy atom. The molecule has 1 atom stereocenters. The van der Waals surface area contributed by atoms with Gasteiger partial charge in [0.05, 0.1) is 5.75 Å². The van der Waals surface area contributed by atoms with Crippen LogP contribution in [-0.2, 0) is 26.0 Å². The van der Waals surface area contributed by atoms with Crippen molar-refractivity contribution in [2.24, 2.45) is 0 Å². The number of benzene rings is 2. The van der Waals surface area contributed by atoms with Crippen LogP contribution in [0.3, 0.4) is 0 Å². The van der Waals surface area contributed by atoms with E-state index in [1.807, 2.05) is 26.0 Å². The average Bonchev–Trinajstić information content (AvgIpc) is 2.73. The van der Waals surface area contributed by atoms with Crippen molar-refractivity contribution in [3.8, 4) is 0 Å². The molecule has 9 heteroatoms. The summed E-state index contributed by atoms with van der Waals surface area (Å²) in [6.45, 7) is 3.45. The van der Waals surface area contributed by atoms with Gasteiger partial charge in [-0.25, -0.2) is 18.0 Å². The van der Waals surface area contributed by atoms with E-state index in [9.17, 15) is 22.8 Å². The van der Waals surface area contributed by atoms with Crippen LogP contribution in [0.1, 0.15) is 33.5 Å². The summed E-state index contributed by atoms with van der Waals surface area (Å²) >= 11 is 0. The monoisotopic (exact) mass is 471 g/mol. The summed E-state index contributed by atoms with van der Waals surface area (Å²) in [6.07, 6.45) is 0.904. The summed E-state index contributed by atoms with van der Waals surface area (Å²) in [4.78, 5) is 37.4. The van der Waals surface area contributed by atoms with Crippen LogP contribution in [0.15, 0.2) is 57.7 Å². The topological polar surface area (TPSA) is 120 Å². The van der Waals surface area contributed by atoms with Gasteiger partial charge in [0.2, 0.25) is 0 Å². The van der Waals surface area contributed by atoms with E-state index in [-0.39, 0.29) is 18.8 Å². The van der Waals surface area contributed by atoms with Crippen molar-refractivity contribution in [3.05, 3.63) is 81.2 Å². The number of fused-ring (bicyclic) bond motifs is 1. The zero-order chi connectivity index (χ0) is 24.2. The quantitative estimate of drug-likeness (QED) is 0.396. The first-order valence-electron chi connectivity index (χ1n) is 10.3. The van der Waals surface area contributed by atoms with Gasteiger partial charge in [-0.2, -0.15) is 0 Å². The molecular formula is C24H25NO7S. The minimum atomic E-state index is -3.38. The lowest BCUT2D eigenvalue weighted by Crippen LogP contribution is -2.43. The number of hydrogen-bond acceptors (Lipinski definition) is 7. The van der Waals surface area contributed by atoms with E-state index in [1.165, 1.54) is 6.07 Å². The summed E-state index contributed by atoms with van der Waals surface area (Å²) in [5.74, 6) is -1.62. The van der Waals surface area contributed by atoms with Crippen molar-refractivity contribution in [1.82, 2.24) is 5.32 Å². The molecule has 3 rings (SSSR count). The van der Waals surface area contributed by atoms with Gasteiger partial charge in [-0.3, -0.25) is 4.79 Å². The first kappa shape index (κ1) is 24.2. The molecule has 0 aliphatic heterocycles. The maximum Gasteiger partial charge on any atom is 0.336 e. The second kappa shape index (κ2) is 9.99. The third-order valence-electron chi connectivity index (χ3n) is 5.00. The Bertz CT molecular complexity index is 1360. The lowest BCUT2D eigenvalue weighted by molar-refractivity contribution is -0.147. The van der Waals surface area contributed by atoms with Gasteiger partial charge in [0, 0.05) is 28.8 Å². The van der Waals surface area contributed by atoms with Crippen molar-refractivity contribution >= 4 is 32.7 Å². The number of aryl methyl sites for hydroxylation is 2. The number of hydrogen-bond donors (Lipinski definition) is 1. The second-order valence-electron chi connectivity index (χ2n) is 8.01. The summed E-state index contributed by atoms with van der Waals surface area (Å²) in [5.41, 5.74) is 2.34. The first-order valence-corrected chi connectivity index (χ1v) is 12.3. The van der Waals surface area contributed by atoms with E-state index in [0.29, 0.717) is 22.1 Å². The number of carbonyl (C=O) groups is 2. The predicted octanol–water partition coefficient (Wildman–Crippen LogP) is 2.69. The molecule has 33 heavy (non-hydrogen) atoms. The molecule has 0 spiro atoms. The van der Waals surface area contributed by atoms with Gasteiger partial charge >= 0.3 is 11.6 Å². The molecule has 174 valence electrons. The molecule has 8 nitrogen and oxygen atoms in total. The fourth-order valence-electron chi connectivity index (χ4n) is 3.31. The van der Waals surface area contributed by atoms with Crippen LogP contribution in [0, 0.1) is 13.8 Å². The van der Waals surface area contributed by atoms with Crippen LogP contribution in [-0.4, -0.2) is 38.3 Å². The predicted molar refractivity (Wildman–Crippen MR) is 124 cm³/mol. The van der Waals surface area contributed by atoms with Gasteiger partial charge in [-0.1, -0.05) is 29.8 Å². The van der Waals surface area contributed by atoms with Crippen LogP contribution in [0.2, 0.25) is 0 Å². The number of nitrogens with one attached hydrogen (secondary N) is 1. The van der Waals surface area contributed by atoms with E-state index in [1.54, 1.807) is 30.3 Å². The first-order chi connectivity index (χ1) is 15.5. The van der Waals surface area contributed by atoms with Crippen molar-refractivity contribution in [2.75, 3.05) is 12.0 Å². The maximum absolute atomic E-state index is 12.8. The molecule has 0 fully saturated rings. The number of sulfone groups is 1. The van der Waals surface area contributed by atoms with Gasteiger partial charge in [-0.05, 0) is 44.0 Å². The lowest BCUT2D eigenvalue weighted by atomic mass is 10.1. The van der Waals surface area contributed by atoms with Gasteiger partial charge in [0.1, 0.15) is 28.1 Å². The second-order valence-corrected chi connectivity index (χ2v) is 10.3. The van der Waals surface area contributed by atoms with E-state index < -0.39 is 33.4 Å². The fourth-order valence-corrected chi connectivity index (χ4v) is 3.98. The molecule has 0 bridgehead atoms. The Labute approximate surface area is 191 Å². The Hall–Kier alpha value is -3.46. The molecule has 1 N–H and O–H groups in total. The molecule has 1 heterocycles. The molecule has 0 aliphatic rings. The van der Waals surface area contributed by atoms with E-state index >= 15 is 0 Å². The number of carbonyl (C=O) groups excluding carboxylic acids is 2. The van der Waals surface area contributed by atoms with E-state index in [2.05, 4.69) is 5.32 Å². The Kier molecular flexibility index (Phi) is 7.33. The summed E-state index contributed by atoms with van der Waals surface area (Å²) in [6, 6.07) is 12.2. The molecule has 0 unspecified atom stereocenters. The van der Waals surface area contributed by atoms with Crippen molar-refractivity contribution in [3.63, 3.8) is 0 Å². The molecule has 0 saturated heterocycles. The lowest BCUT2D eigenvalue weighted by Gasteiger charge is -2.18. The summed E-state index contributed by atoms with van der Waals surface area (Å²) in [7, 11) is -3.38. The third-order valence-corrected chi connectivity index (χ3v) is 5.98. The number of amides is 1. The minimum Gasteiger partial charge on any atom is -0.459 e. The van der Waals surface area contributed by atoms with E-state index in [4.69, 9.17) is 9.15 Å². The highest BCUT2D eigenvalue weighted by Crippen LogP contribution is 2.19. The van der Waals surface area contributed by atoms with Crippen molar-refractivity contribution in [2.45, 2.75) is 32.9 Å². The van der Waals surface area contributed by atoms with Crippen LogP contribution in [0.5, 0.6) is 0 Å². The zero-order valence-corrected chi connectivity index (χ0v) is 19.4. The van der Waals surface area contributed by atoms with Crippen LogP contribution in [0.25, 0.3) is 11.0 Å². The average molecular weight is 472 g/mol. The third kappa shape index (κ3) is 6.76. The van der Waals surface area contributed by atoms with Gasteiger partial charge in [0.15, 0.2) is 0 Å². The van der Waals surface area contributed by atoms with Gasteiger partial charge < -0.3 is 14.5 Å². The molecule has 1 amide bonds. The molecule has 3 aromatic rings. The molecule has 0 aliphatic carbocycles. The SMILES string of the molecule is Cc1cccc(C(=O)N[C@H](CCS(C)(=O)=O)C(=O)OCc2cc(=O)oc3cc(C)ccc23)c1. The van der Waals surface area contributed by atoms with E-state index in [0.717, 1.165) is 17.4 Å². The minimum absolute atomic E-state index is 0.147. The molecule has 2 aromatic carbocycles. The highest BCUT2D eigenvalue weighted by atomic mass is 32.2.